The summed E-state index contributed by atoms with van der Waals surface area (Å²) in [5.74, 6) is -1.82. The van der Waals surface area contributed by atoms with Crippen LogP contribution in [0, 0.1) is 0 Å². The van der Waals surface area contributed by atoms with Gasteiger partial charge in [-0.3, -0.25) is 24.1 Å². The largest absolute Gasteiger partial charge is 0.455 e. The number of benzene rings is 1. The highest BCUT2D eigenvalue weighted by Crippen LogP contribution is 2.31. The van der Waals surface area contributed by atoms with E-state index in [-0.39, 0.29) is 25.3 Å². The fourth-order valence-corrected chi connectivity index (χ4v) is 3.48. The molecule has 0 spiro atoms. The molecule has 5 amide bonds. The Kier molecular flexibility index (Phi) is 5.77. The van der Waals surface area contributed by atoms with Gasteiger partial charge in [0.15, 0.2) is 6.61 Å². The van der Waals surface area contributed by atoms with E-state index in [1.165, 1.54) is 4.90 Å². The summed E-state index contributed by atoms with van der Waals surface area (Å²) < 4.78 is 5.07. The maximum Gasteiger partial charge on any atom is 0.325 e. The normalized spacial score (nSPS) is 20.2. The first-order valence-corrected chi connectivity index (χ1v) is 9.61. The van der Waals surface area contributed by atoms with Crippen LogP contribution in [0.5, 0.6) is 0 Å². The standard InChI is InChI=1S/C20H24N4O6/c1-12-10-15(25)21-13-6-4-5-7-14(13)24(12)16(26)11-30-17(27)8-9-23-18(28)20(2,3)22-19(23)29/h4-7,12H,8-11H2,1-3H3,(H,21,25)(H,22,29)/t12-/m1/s1. The molecule has 30 heavy (non-hydrogen) atoms. The van der Waals surface area contributed by atoms with Crippen LogP contribution in [0.4, 0.5) is 16.2 Å². The van der Waals surface area contributed by atoms with Crippen molar-refractivity contribution in [2.45, 2.75) is 45.2 Å². The Morgan fingerprint density at radius 1 is 1.20 bits per heavy atom. The van der Waals surface area contributed by atoms with Gasteiger partial charge in [-0.2, -0.15) is 0 Å². The van der Waals surface area contributed by atoms with Crippen molar-refractivity contribution in [3.8, 4) is 0 Å². The summed E-state index contributed by atoms with van der Waals surface area (Å²) in [5, 5.41) is 5.28. The average molecular weight is 416 g/mol. The van der Waals surface area contributed by atoms with E-state index in [1.807, 2.05) is 0 Å². The minimum absolute atomic E-state index is 0.107. The van der Waals surface area contributed by atoms with Crippen molar-refractivity contribution in [1.29, 1.82) is 0 Å². The number of esters is 1. The third kappa shape index (κ3) is 4.27. The molecule has 160 valence electrons. The number of carbonyl (C=O) groups is 5. The first-order chi connectivity index (χ1) is 14.1. The molecular formula is C20H24N4O6. The number of hydrogen-bond donors (Lipinski definition) is 2. The number of para-hydroxylation sites is 2. The van der Waals surface area contributed by atoms with Gasteiger partial charge in [0, 0.05) is 19.0 Å². The van der Waals surface area contributed by atoms with Crippen molar-refractivity contribution in [1.82, 2.24) is 10.2 Å². The number of ether oxygens (including phenoxy) is 1. The molecule has 1 atom stereocenters. The van der Waals surface area contributed by atoms with Gasteiger partial charge in [-0.15, -0.1) is 0 Å². The maximum atomic E-state index is 12.8. The van der Waals surface area contributed by atoms with E-state index >= 15 is 0 Å². The van der Waals surface area contributed by atoms with E-state index < -0.39 is 42.0 Å². The quantitative estimate of drug-likeness (QED) is 0.545. The summed E-state index contributed by atoms with van der Waals surface area (Å²) in [6.07, 6.45) is -0.120. The Labute approximate surface area is 173 Å². The fraction of sp³-hybridized carbons (Fsp3) is 0.450. The second-order valence-corrected chi connectivity index (χ2v) is 7.80. The summed E-state index contributed by atoms with van der Waals surface area (Å²) in [6.45, 7) is 4.23. The number of nitrogens with zero attached hydrogens (tertiary/aromatic N) is 2. The third-order valence-electron chi connectivity index (χ3n) is 4.97. The Balaban J connectivity index is 1.59. The second kappa shape index (κ2) is 8.13. The van der Waals surface area contributed by atoms with Gasteiger partial charge < -0.3 is 20.3 Å². The number of carbonyl (C=O) groups excluding carboxylic acids is 5. The number of amides is 5. The molecular weight excluding hydrogens is 392 g/mol. The second-order valence-electron chi connectivity index (χ2n) is 7.80. The molecule has 1 aromatic carbocycles. The number of nitrogens with one attached hydrogen (secondary N) is 2. The zero-order valence-corrected chi connectivity index (χ0v) is 17.1. The van der Waals surface area contributed by atoms with Crippen LogP contribution in [-0.2, 0) is 23.9 Å². The summed E-state index contributed by atoms with van der Waals surface area (Å²) in [6, 6.07) is 5.89. The van der Waals surface area contributed by atoms with Crippen LogP contribution in [0.1, 0.15) is 33.6 Å². The lowest BCUT2D eigenvalue weighted by Crippen LogP contribution is -2.42. The lowest BCUT2D eigenvalue weighted by atomic mass is 10.1. The molecule has 0 aliphatic carbocycles. The smallest absolute Gasteiger partial charge is 0.325 e. The van der Waals surface area contributed by atoms with Gasteiger partial charge in [0.2, 0.25) is 5.91 Å². The molecule has 0 radical (unpaired) electrons. The van der Waals surface area contributed by atoms with Gasteiger partial charge in [0.25, 0.3) is 11.8 Å². The SMILES string of the molecule is C[C@@H]1CC(=O)Nc2ccccc2N1C(=O)COC(=O)CCN1C(=O)NC(C)(C)C1=O. The van der Waals surface area contributed by atoms with E-state index in [4.69, 9.17) is 4.74 Å². The highest BCUT2D eigenvalue weighted by atomic mass is 16.5. The molecule has 2 N–H and O–H groups in total. The van der Waals surface area contributed by atoms with Gasteiger partial charge in [-0.25, -0.2) is 4.79 Å². The van der Waals surface area contributed by atoms with Crippen molar-refractivity contribution in [3.63, 3.8) is 0 Å². The van der Waals surface area contributed by atoms with Gasteiger partial charge in [0.1, 0.15) is 5.54 Å². The molecule has 3 rings (SSSR count). The predicted molar refractivity (Wildman–Crippen MR) is 107 cm³/mol. The fourth-order valence-electron chi connectivity index (χ4n) is 3.48. The van der Waals surface area contributed by atoms with Crippen LogP contribution >= 0.6 is 0 Å². The minimum atomic E-state index is -1.02. The average Bonchev–Trinajstić information content (AvgIpc) is 2.78. The molecule has 1 saturated heterocycles. The van der Waals surface area contributed by atoms with Crippen LogP contribution in [0.25, 0.3) is 0 Å². The number of anilines is 2. The third-order valence-corrected chi connectivity index (χ3v) is 4.97. The topological polar surface area (TPSA) is 125 Å². The Morgan fingerprint density at radius 2 is 1.90 bits per heavy atom. The van der Waals surface area contributed by atoms with Crippen LogP contribution < -0.4 is 15.5 Å². The molecule has 2 aliphatic heterocycles. The molecule has 1 aromatic rings. The number of fused-ring (bicyclic) bond motifs is 1. The molecule has 10 heteroatoms. The van der Waals surface area contributed by atoms with Crippen LogP contribution in [0.3, 0.4) is 0 Å². The maximum absolute atomic E-state index is 12.8. The predicted octanol–water partition coefficient (Wildman–Crippen LogP) is 1.01. The zero-order valence-electron chi connectivity index (χ0n) is 17.1. The number of urea groups is 1. The van der Waals surface area contributed by atoms with Gasteiger partial charge in [-0.05, 0) is 32.9 Å². The number of imide groups is 1. The molecule has 0 saturated carbocycles. The van der Waals surface area contributed by atoms with Crippen molar-refractivity contribution in [2.24, 2.45) is 0 Å². The monoisotopic (exact) mass is 416 g/mol. The van der Waals surface area contributed by atoms with Gasteiger partial charge in [-0.1, -0.05) is 12.1 Å². The van der Waals surface area contributed by atoms with Crippen molar-refractivity contribution in [3.05, 3.63) is 24.3 Å². The number of rotatable bonds is 5. The van der Waals surface area contributed by atoms with Crippen LogP contribution in [0.2, 0.25) is 0 Å². The van der Waals surface area contributed by atoms with E-state index in [0.29, 0.717) is 11.4 Å². The highest BCUT2D eigenvalue weighted by molar-refractivity contribution is 6.07. The first kappa shape index (κ1) is 21.3. The van der Waals surface area contributed by atoms with Crippen LogP contribution in [-0.4, -0.2) is 59.4 Å². The van der Waals surface area contributed by atoms with Gasteiger partial charge >= 0.3 is 12.0 Å². The van der Waals surface area contributed by atoms with Crippen LogP contribution in [0.15, 0.2) is 24.3 Å². The molecule has 2 heterocycles. The highest BCUT2D eigenvalue weighted by Gasteiger charge is 2.44. The first-order valence-electron chi connectivity index (χ1n) is 9.61. The van der Waals surface area contributed by atoms with Crippen molar-refractivity contribution >= 4 is 41.1 Å². The Morgan fingerprint density at radius 3 is 2.57 bits per heavy atom. The molecule has 0 aromatic heterocycles. The molecule has 10 nitrogen and oxygen atoms in total. The lowest BCUT2D eigenvalue weighted by Gasteiger charge is -2.27. The summed E-state index contributed by atoms with van der Waals surface area (Å²) in [5.41, 5.74) is 0.0183. The minimum Gasteiger partial charge on any atom is -0.455 e. The summed E-state index contributed by atoms with van der Waals surface area (Å²) in [7, 11) is 0. The summed E-state index contributed by atoms with van der Waals surface area (Å²) >= 11 is 0. The van der Waals surface area contributed by atoms with E-state index in [0.717, 1.165) is 4.90 Å². The van der Waals surface area contributed by atoms with Crippen molar-refractivity contribution < 1.29 is 28.7 Å². The number of hydrogen-bond acceptors (Lipinski definition) is 6. The molecule has 0 unspecified atom stereocenters. The zero-order chi connectivity index (χ0) is 22.1. The molecule has 0 bridgehead atoms. The van der Waals surface area contributed by atoms with E-state index in [9.17, 15) is 24.0 Å². The Hall–Kier alpha value is -3.43. The Bertz CT molecular complexity index is 912. The lowest BCUT2D eigenvalue weighted by molar-refractivity contribution is -0.148. The van der Waals surface area contributed by atoms with E-state index in [2.05, 4.69) is 10.6 Å². The molecule has 2 aliphatic rings. The van der Waals surface area contributed by atoms with E-state index in [1.54, 1.807) is 45.0 Å². The molecule has 1 fully saturated rings. The van der Waals surface area contributed by atoms with Crippen molar-refractivity contribution in [2.75, 3.05) is 23.4 Å². The summed E-state index contributed by atoms with van der Waals surface area (Å²) in [4.78, 5) is 63.2. The van der Waals surface area contributed by atoms with Gasteiger partial charge in [0.05, 0.1) is 17.8 Å².